The molecule has 0 aliphatic carbocycles. The number of nitrogens with zero attached hydrogens (tertiary/aromatic N) is 2. The molecule has 2 aromatic heterocycles. The SMILES string of the molecule is CC.Clc1nc(-c2ccc(-c3ccc(-c4ccccc4)cc3)cc2)c2c(n1)sc1ccccc12. The van der Waals surface area contributed by atoms with Gasteiger partial charge in [0.25, 0.3) is 0 Å². The van der Waals surface area contributed by atoms with Crippen molar-refractivity contribution >= 4 is 43.2 Å². The van der Waals surface area contributed by atoms with Gasteiger partial charge in [-0.1, -0.05) is 111 Å². The van der Waals surface area contributed by atoms with Crippen molar-refractivity contribution in [1.29, 1.82) is 0 Å². The van der Waals surface area contributed by atoms with Crippen LogP contribution in [0.25, 0.3) is 53.8 Å². The van der Waals surface area contributed by atoms with Crippen molar-refractivity contribution in [2.24, 2.45) is 0 Å². The molecular weight excluding hydrogens is 456 g/mol. The summed E-state index contributed by atoms with van der Waals surface area (Å²) in [5.74, 6) is 0. The van der Waals surface area contributed by atoms with E-state index in [0.29, 0.717) is 0 Å². The second kappa shape index (κ2) is 9.76. The maximum absolute atomic E-state index is 6.28. The average molecular weight is 479 g/mol. The van der Waals surface area contributed by atoms with Crippen molar-refractivity contribution in [3.63, 3.8) is 0 Å². The molecule has 0 saturated heterocycles. The van der Waals surface area contributed by atoms with E-state index in [1.165, 1.54) is 32.3 Å². The van der Waals surface area contributed by atoms with Gasteiger partial charge in [0.2, 0.25) is 5.28 Å². The van der Waals surface area contributed by atoms with Gasteiger partial charge in [-0.2, -0.15) is 0 Å². The molecule has 0 aliphatic heterocycles. The van der Waals surface area contributed by atoms with E-state index < -0.39 is 0 Å². The van der Waals surface area contributed by atoms with Crippen LogP contribution in [0, 0.1) is 0 Å². The van der Waals surface area contributed by atoms with Gasteiger partial charge in [-0.3, -0.25) is 0 Å². The van der Waals surface area contributed by atoms with Crippen LogP contribution < -0.4 is 0 Å². The third-order valence-corrected chi connectivity index (χ3v) is 6.93. The van der Waals surface area contributed by atoms with Gasteiger partial charge in [-0.15, -0.1) is 11.3 Å². The Morgan fingerprint density at radius 3 is 1.68 bits per heavy atom. The summed E-state index contributed by atoms with van der Waals surface area (Å²) in [6.07, 6.45) is 0. The van der Waals surface area contributed by atoms with Gasteiger partial charge in [0.1, 0.15) is 4.83 Å². The number of rotatable bonds is 3. The number of hydrogen-bond donors (Lipinski definition) is 0. The summed E-state index contributed by atoms with van der Waals surface area (Å²) in [7, 11) is 0. The molecular formula is C30H23ClN2S. The first-order valence-electron chi connectivity index (χ1n) is 11.4. The molecule has 2 heterocycles. The van der Waals surface area contributed by atoms with Crippen molar-refractivity contribution in [2.45, 2.75) is 13.8 Å². The minimum absolute atomic E-state index is 0.277. The zero-order chi connectivity index (χ0) is 23.5. The summed E-state index contributed by atoms with van der Waals surface area (Å²) in [6, 6.07) is 36.0. The summed E-state index contributed by atoms with van der Waals surface area (Å²) in [6.45, 7) is 4.00. The van der Waals surface area contributed by atoms with E-state index in [-0.39, 0.29) is 5.28 Å². The monoisotopic (exact) mass is 478 g/mol. The van der Waals surface area contributed by atoms with E-state index in [1.54, 1.807) is 11.3 Å². The van der Waals surface area contributed by atoms with Gasteiger partial charge in [0.15, 0.2) is 0 Å². The predicted octanol–water partition coefficient (Wildman–Crippen LogP) is 9.53. The highest BCUT2D eigenvalue weighted by Gasteiger charge is 2.15. The highest BCUT2D eigenvalue weighted by molar-refractivity contribution is 7.25. The van der Waals surface area contributed by atoms with Crippen LogP contribution in [-0.2, 0) is 0 Å². The standard InChI is InChI=1S/C28H17ClN2S.C2H6/c29-28-30-26(25-23-8-4-5-9-24(23)32-27(25)31-28)22-16-14-21(15-17-22)20-12-10-19(11-13-20)18-6-2-1-3-7-18;1-2/h1-17H;1-2H3. The molecule has 0 amide bonds. The number of aromatic nitrogens is 2. The Labute approximate surface area is 208 Å². The number of benzene rings is 4. The summed E-state index contributed by atoms with van der Waals surface area (Å²) in [4.78, 5) is 9.99. The Morgan fingerprint density at radius 2 is 1.06 bits per heavy atom. The van der Waals surface area contributed by atoms with Crippen LogP contribution in [0.4, 0.5) is 0 Å². The molecule has 0 unspecified atom stereocenters. The van der Waals surface area contributed by atoms with Crippen molar-refractivity contribution in [3.8, 4) is 33.5 Å². The predicted molar refractivity (Wildman–Crippen MR) is 148 cm³/mol. The van der Waals surface area contributed by atoms with Crippen LogP contribution in [0.2, 0.25) is 5.28 Å². The van der Waals surface area contributed by atoms with Crippen LogP contribution in [0.1, 0.15) is 13.8 Å². The van der Waals surface area contributed by atoms with Gasteiger partial charge in [-0.05, 0) is 39.9 Å². The molecule has 166 valence electrons. The first-order chi connectivity index (χ1) is 16.8. The summed E-state index contributed by atoms with van der Waals surface area (Å²) in [5.41, 5.74) is 6.70. The van der Waals surface area contributed by atoms with Crippen LogP contribution in [0.3, 0.4) is 0 Å². The molecule has 0 saturated carbocycles. The highest BCUT2D eigenvalue weighted by Crippen LogP contribution is 2.39. The summed E-state index contributed by atoms with van der Waals surface area (Å²) < 4.78 is 1.19. The third kappa shape index (κ3) is 4.21. The largest absolute Gasteiger partial charge is 0.224 e. The lowest BCUT2D eigenvalue weighted by Crippen LogP contribution is -1.89. The van der Waals surface area contributed by atoms with Gasteiger partial charge in [0.05, 0.1) is 5.69 Å². The van der Waals surface area contributed by atoms with E-state index in [0.717, 1.165) is 21.5 Å². The van der Waals surface area contributed by atoms with Crippen molar-refractivity contribution in [1.82, 2.24) is 9.97 Å². The van der Waals surface area contributed by atoms with Gasteiger partial charge in [-0.25, -0.2) is 9.97 Å². The minimum atomic E-state index is 0.277. The number of halogens is 1. The lowest BCUT2D eigenvalue weighted by atomic mass is 9.98. The first-order valence-corrected chi connectivity index (χ1v) is 12.6. The summed E-state index contributed by atoms with van der Waals surface area (Å²) >= 11 is 7.93. The molecule has 0 aliphatic rings. The Morgan fingerprint density at radius 1 is 0.559 bits per heavy atom. The van der Waals surface area contributed by atoms with Gasteiger partial charge < -0.3 is 0 Å². The second-order valence-electron chi connectivity index (χ2n) is 7.64. The van der Waals surface area contributed by atoms with E-state index in [9.17, 15) is 0 Å². The van der Waals surface area contributed by atoms with Gasteiger partial charge in [0, 0.05) is 21.0 Å². The molecule has 0 fully saturated rings. The van der Waals surface area contributed by atoms with E-state index in [2.05, 4.69) is 101 Å². The fourth-order valence-corrected chi connectivity index (χ4v) is 5.41. The highest BCUT2D eigenvalue weighted by atomic mass is 35.5. The zero-order valence-electron chi connectivity index (χ0n) is 19.0. The van der Waals surface area contributed by atoms with Crippen molar-refractivity contribution in [2.75, 3.05) is 0 Å². The first kappa shape index (κ1) is 22.3. The quantitative estimate of drug-likeness (QED) is 0.236. The fraction of sp³-hybridized carbons (Fsp3) is 0.0667. The van der Waals surface area contributed by atoms with Crippen LogP contribution in [-0.4, -0.2) is 9.97 Å². The number of hydrogen-bond acceptors (Lipinski definition) is 3. The fourth-order valence-electron chi connectivity index (χ4n) is 4.11. The molecule has 6 rings (SSSR count). The normalized spacial score (nSPS) is 10.8. The summed E-state index contributed by atoms with van der Waals surface area (Å²) in [5, 5.41) is 2.51. The van der Waals surface area contributed by atoms with Crippen molar-refractivity contribution < 1.29 is 0 Å². The third-order valence-electron chi connectivity index (χ3n) is 5.70. The number of thiophene rings is 1. The van der Waals surface area contributed by atoms with Crippen LogP contribution in [0.5, 0.6) is 0 Å². The molecule has 2 nitrogen and oxygen atoms in total. The van der Waals surface area contributed by atoms with E-state index in [1.807, 2.05) is 26.0 Å². The molecule has 0 radical (unpaired) electrons. The molecule has 0 atom stereocenters. The van der Waals surface area contributed by atoms with Gasteiger partial charge >= 0.3 is 0 Å². The van der Waals surface area contributed by atoms with E-state index in [4.69, 9.17) is 11.6 Å². The average Bonchev–Trinajstić information content (AvgIpc) is 3.28. The Bertz CT molecular complexity index is 1550. The second-order valence-corrected chi connectivity index (χ2v) is 9.01. The van der Waals surface area contributed by atoms with Crippen LogP contribution >= 0.6 is 22.9 Å². The topological polar surface area (TPSA) is 25.8 Å². The zero-order valence-corrected chi connectivity index (χ0v) is 20.6. The maximum Gasteiger partial charge on any atom is 0.224 e. The lowest BCUT2D eigenvalue weighted by Gasteiger charge is -2.08. The molecule has 0 spiro atoms. The molecule has 4 aromatic carbocycles. The lowest BCUT2D eigenvalue weighted by molar-refractivity contribution is 1.24. The molecule has 6 aromatic rings. The van der Waals surface area contributed by atoms with E-state index >= 15 is 0 Å². The maximum atomic E-state index is 6.28. The smallest absolute Gasteiger partial charge is 0.217 e. The molecule has 0 N–H and O–H groups in total. The molecule has 34 heavy (non-hydrogen) atoms. The Hall–Kier alpha value is -3.53. The Balaban J connectivity index is 0.00000117. The van der Waals surface area contributed by atoms with Crippen molar-refractivity contribution in [3.05, 3.63) is 108 Å². The van der Waals surface area contributed by atoms with Crippen LogP contribution in [0.15, 0.2) is 103 Å². The number of fused-ring (bicyclic) bond motifs is 3. The Kier molecular flexibility index (Phi) is 6.39. The minimum Gasteiger partial charge on any atom is -0.217 e. The molecule has 4 heteroatoms. The molecule has 0 bridgehead atoms.